The van der Waals surface area contributed by atoms with E-state index >= 15 is 0 Å². The van der Waals surface area contributed by atoms with Crippen molar-refractivity contribution in [1.29, 1.82) is 0 Å². The van der Waals surface area contributed by atoms with Crippen molar-refractivity contribution in [2.75, 3.05) is 0 Å². The Hall–Kier alpha value is -1.43. The minimum Gasteiger partial charge on any atom is -0.455 e. The Morgan fingerprint density at radius 1 is 1.45 bits per heavy atom. The van der Waals surface area contributed by atoms with Gasteiger partial charge in [0.25, 0.3) is 0 Å². The molecule has 0 aliphatic carbocycles. The summed E-state index contributed by atoms with van der Waals surface area (Å²) in [5.74, 6) is -1.20. The van der Waals surface area contributed by atoms with E-state index in [0.29, 0.717) is 5.69 Å². The summed E-state index contributed by atoms with van der Waals surface area (Å²) < 4.78 is 18.7. The van der Waals surface area contributed by atoms with Gasteiger partial charge in [-0.1, -0.05) is 23.2 Å². The lowest BCUT2D eigenvalue weighted by molar-refractivity contribution is -0.142. The lowest BCUT2D eigenvalue weighted by Crippen LogP contribution is -2.08. The Morgan fingerprint density at radius 3 is 2.82 bits per heavy atom. The Bertz CT molecular complexity index is 730. The standard InChI is InChI=1S/C15H12Cl2FNO2S/c1-8(14-11(16)4-5-12(18)15(14)17)21-13(20)6-3-10-7-22-9(2)19-10/h3-8H,1-2H3. The molecular weight excluding hydrogens is 348 g/mol. The first kappa shape index (κ1) is 16.9. The number of benzene rings is 1. The zero-order valence-corrected chi connectivity index (χ0v) is 14.1. The van der Waals surface area contributed by atoms with Crippen LogP contribution < -0.4 is 0 Å². The molecule has 0 saturated carbocycles. The maximum absolute atomic E-state index is 13.5. The van der Waals surface area contributed by atoms with Gasteiger partial charge in [0, 0.05) is 22.0 Å². The van der Waals surface area contributed by atoms with Crippen LogP contribution in [0.15, 0.2) is 23.6 Å². The van der Waals surface area contributed by atoms with Crippen LogP contribution in [0.3, 0.4) is 0 Å². The van der Waals surface area contributed by atoms with Crippen LogP contribution in [0.2, 0.25) is 10.0 Å². The highest BCUT2D eigenvalue weighted by molar-refractivity contribution is 7.09. The zero-order chi connectivity index (χ0) is 16.3. The smallest absolute Gasteiger partial charge is 0.331 e. The molecule has 0 amide bonds. The van der Waals surface area contributed by atoms with Gasteiger partial charge in [-0.3, -0.25) is 0 Å². The molecule has 1 unspecified atom stereocenters. The van der Waals surface area contributed by atoms with Crippen LogP contribution in [-0.4, -0.2) is 11.0 Å². The molecule has 1 heterocycles. The van der Waals surface area contributed by atoms with Crippen LogP contribution in [0, 0.1) is 12.7 Å². The summed E-state index contributed by atoms with van der Waals surface area (Å²) in [4.78, 5) is 16.0. The number of aryl methyl sites for hydroxylation is 1. The van der Waals surface area contributed by atoms with Gasteiger partial charge in [0.1, 0.15) is 11.9 Å². The first-order valence-electron chi connectivity index (χ1n) is 6.32. The van der Waals surface area contributed by atoms with Gasteiger partial charge in [-0.15, -0.1) is 11.3 Å². The van der Waals surface area contributed by atoms with E-state index in [4.69, 9.17) is 27.9 Å². The van der Waals surface area contributed by atoms with Crippen molar-refractivity contribution in [2.45, 2.75) is 20.0 Å². The van der Waals surface area contributed by atoms with E-state index in [0.717, 1.165) is 11.1 Å². The number of carbonyl (C=O) groups excluding carboxylic acids is 1. The van der Waals surface area contributed by atoms with Crippen molar-refractivity contribution >= 4 is 46.6 Å². The van der Waals surface area contributed by atoms with Gasteiger partial charge in [0.2, 0.25) is 0 Å². The second-order valence-corrected chi connectivity index (χ2v) is 6.31. The third-order valence-electron chi connectivity index (χ3n) is 2.81. The van der Waals surface area contributed by atoms with Crippen molar-refractivity contribution in [3.8, 4) is 0 Å². The molecule has 1 atom stereocenters. The highest BCUT2D eigenvalue weighted by Gasteiger charge is 2.19. The van der Waals surface area contributed by atoms with Gasteiger partial charge < -0.3 is 4.74 Å². The van der Waals surface area contributed by atoms with Crippen LogP contribution in [0.5, 0.6) is 0 Å². The van der Waals surface area contributed by atoms with Gasteiger partial charge in [0.05, 0.1) is 15.7 Å². The van der Waals surface area contributed by atoms with E-state index in [1.54, 1.807) is 13.0 Å². The number of hydrogen-bond acceptors (Lipinski definition) is 4. The summed E-state index contributed by atoms with van der Waals surface area (Å²) in [6, 6.07) is 2.53. The summed E-state index contributed by atoms with van der Waals surface area (Å²) in [6.07, 6.45) is 2.03. The normalized spacial score (nSPS) is 12.6. The Morgan fingerprint density at radius 2 is 2.18 bits per heavy atom. The maximum Gasteiger partial charge on any atom is 0.331 e. The molecule has 7 heteroatoms. The van der Waals surface area contributed by atoms with E-state index in [9.17, 15) is 9.18 Å². The summed E-state index contributed by atoms with van der Waals surface area (Å²) in [5.41, 5.74) is 0.920. The Kier molecular flexibility index (Phi) is 5.56. The van der Waals surface area contributed by atoms with Gasteiger partial charge in [-0.2, -0.15) is 0 Å². The second-order valence-electron chi connectivity index (χ2n) is 4.46. The molecule has 2 aromatic rings. The van der Waals surface area contributed by atoms with E-state index in [1.165, 1.54) is 23.5 Å². The molecule has 3 nitrogen and oxygen atoms in total. The first-order chi connectivity index (χ1) is 10.4. The third kappa shape index (κ3) is 4.06. The molecule has 1 aromatic heterocycles. The number of thiazole rings is 1. The predicted molar refractivity (Wildman–Crippen MR) is 86.8 cm³/mol. The number of ether oxygens (including phenoxy) is 1. The van der Waals surface area contributed by atoms with Crippen molar-refractivity contribution in [2.24, 2.45) is 0 Å². The van der Waals surface area contributed by atoms with E-state index < -0.39 is 17.9 Å². The third-order valence-corrected chi connectivity index (χ3v) is 4.31. The summed E-state index contributed by atoms with van der Waals surface area (Å²) in [6.45, 7) is 3.45. The molecule has 0 N–H and O–H groups in total. The largest absolute Gasteiger partial charge is 0.455 e. The summed E-state index contributed by atoms with van der Waals surface area (Å²) >= 11 is 13.3. The predicted octanol–water partition coefficient (Wildman–Crippen LogP) is 5.22. The fraction of sp³-hybridized carbons (Fsp3) is 0.200. The number of halogens is 3. The van der Waals surface area contributed by atoms with Crippen molar-refractivity contribution < 1.29 is 13.9 Å². The number of esters is 1. The molecule has 0 aliphatic rings. The van der Waals surface area contributed by atoms with Gasteiger partial charge in [-0.25, -0.2) is 14.2 Å². The molecule has 0 fully saturated rings. The van der Waals surface area contributed by atoms with Gasteiger partial charge in [0.15, 0.2) is 0 Å². The van der Waals surface area contributed by atoms with Crippen LogP contribution in [0.1, 0.15) is 29.3 Å². The summed E-state index contributed by atoms with van der Waals surface area (Å²) in [7, 11) is 0. The molecule has 2 rings (SSSR count). The second kappa shape index (κ2) is 7.22. The van der Waals surface area contributed by atoms with E-state index in [1.807, 2.05) is 12.3 Å². The number of nitrogens with zero attached hydrogens (tertiary/aromatic N) is 1. The topological polar surface area (TPSA) is 39.2 Å². The monoisotopic (exact) mass is 359 g/mol. The minimum absolute atomic E-state index is 0.146. The average molecular weight is 360 g/mol. The lowest BCUT2D eigenvalue weighted by atomic mass is 10.1. The van der Waals surface area contributed by atoms with Gasteiger partial charge >= 0.3 is 5.97 Å². The molecule has 1 aromatic carbocycles. The quantitative estimate of drug-likeness (QED) is 0.427. The fourth-order valence-electron chi connectivity index (χ4n) is 1.80. The van der Waals surface area contributed by atoms with E-state index in [2.05, 4.69) is 4.98 Å². The number of aromatic nitrogens is 1. The lowest BCUT2D eigenvalue weighted by Gasteiger charge is -2.15. The average Bonchev–Trinajstić information content (AvgIpc) is 2.87. The van der Waals surface area contributed by atoms with Crippen LogP contribution >= 0.6 is 34.5 Å². The molecule has 0 radical (unpaired) electrons. The van der Waals surface area contributed by atoms with Crippen LogP contribution in [-0.2, 0) is 9.53 Å². The molecule has 0 saturated heterocycles. The SMILES string of the molecule is Cc1nc(C=CC(=O)OC(C)c2c(Cl)ccc(F)c2Cl)cs1. The van der Waals surface area contributed by atoms with E-state index in [-0.39, 0.29) is 15.6 Å². The highest BCUT2D eigenvalue weighted by Crippen LogP contribution is 2.34. The minimum atomic E-state index is -0.773. The van der Waals surface area contributed by atoms with Crippen molar-refractivity contribution in [1.82, 2.24) is 4.98 Å². The molecule has 0 spiro atoms. The molecule has 116 valence electrons. The molecule has 0 bridgehead atoms. The van der Waals surface area contributed by atoms with Gasteiger partial charge in [-0.05, 0) is 32.1 Å². The fourth-order valence-corrected chi connectivity index (χ4v) is 3.06. The highest BCUT2D eigenvalue weighted by atomic mass is 35.5. The Balaban J connectivity index is 2.09. The molecule has 22 heavy (non-hydrogen) atoms. The maximum atomic E-state index is 13.5. The zero-order valence-electron chi connectivity index (χ0n) is 11.8. The number of rotatable bonds is 4. The van der Waals surface area contributed by atoms with Crippen LogP contribution in [0.25, 0.3) is 6.08 Å². The van der Waals surface area contributed by atoms with Crippen LogP contribution in [0.4, 0.5) is 4.39 Å². The van der Waals surface area contributed by atoms with Crippen molar-refractivity contribution in [3.05, 3.63) is 55.7 Å². The molecular formula is C15H12Cl2FNO2S. The molecule has 0 aliphatic heterocycles. The first-order valence-corrected chi connectivity index (χ1v) is 7.96. The number of hydrogen-bond donors (Lipinski definition) is 0. The van der Waals surface area contributed by atoms with Crippen molar-refractivity contribution in [3.63, 3.8) is 0 Å². The number of carbonyl (C=O) groups is 1. The Labute approximate surface area is 141 Å². The summed E-state index contributed by atoms with van der Waals surface area (Å²) in [5, 5.41) is 2.82.